The zero-order valence-corrected chi connectivity index (χ0v) is 17.5. The number of rotatable bonds is 7. The van der Waals surface area contributed by atoms with Crippen LogP contribution in [0.4, 0.5) is 5.13 Å². The van der Waals surface area contributed by atoms with Crippen LogP contribution >= 0.6 is 46.3 Å². The molecule has 0 aliphatic heterocycles. The second-order valence-electron chi connectivity index (χ2n) is 5.28. The summed E-state index contributed by atoms with van der Waals surface area (Å²) in [6, 6.07) is 8.71. The largest absolute Gasteiger partial charge is 0.482 e. The van der Waals surface area contributed by atoms with E-state index in [1.54, 1.807) is 18.2 Å². The van der Waals surface area contributed by atoms with Crippen LogP contribution in [0, 0.1) is 11.8 Å². The molecule has 28 heavy (non-hydrogen) atoms. The van der Waals surface area contributed by atoms with Crippen molar-refractivity contribution in [2.45, 2.75) is 10.9 Å². The SMILES string of the molecule is O=C(COc1ccc(Cl)cc1Cl)Nc1nnc(SCC#CCn2cccc2)s1. The average molecular weight is 453 g/mol. The molecule has 1 amide bonds. The van der Waals surface area contributed by atoms with Crippen LogP contribution in [0.25, 0.3) is 0 Å². The third-order valence-electron chi connectivity index (χ3n) is 3.23. The molecule has 1 N–H and O–H groups in total. The van der Waals surface area contributed by atoms with Crippen LogP contribution in [0.3, 0.4) is 0 Å². The number of anilines is 1. The molecule has 0 saturated heterocycles. The number of hydrogen-bond acceptors (Lipinski definition) is 6. The van der Waals surface area contributed by atoms with Crippen molar-refractivity contribution in [1.82, 2.24) is 14.8 Å². The predicted octanol–water partition coefficient (Wildman–Crippen LogP) is 4.46. The monoisotopic (exact) mass is 452 g/mol. The number of hydrogen-bond donors (Lipinski definition) is 1. The van der Waals surface area contributed by atoms with Gasteiger partial charge in [-0.05, 0) is 30.3 Å². The highest BCUT2D eigenvalue weighted by Gasteiger charge is 2.10. The Balaban J connectivity index is 1.41. The number of carbonyl (C=O) groups excluding carboxylic acids is 1. The fraction of sp³-hybridized carbons (Fsp3) is 0.167. The quantitative estimate of drug-likeness (QED) is 0.325. The lowest BCUT2D eigenvalue weighted by atomic mass is 10.3. The zero-order chi connectivity index (χ0) is 19.8. The van der Waals surface area contributed by atoms with Crippen molar-refractivity contribution in [3.8, 4) is 17.6 Å². The van der Waals surface area contributed by atoms with Gasteiger partial charge in [-0.1, -0.05) is 58.1 Å². The molecule has 0 saturated carbocycles. The smallest absolute Gasteiger partial charge is 0.264 e. The third-order valence-corrected chi connectivity index (χ3v) is 5.61. The van der Waals surface area contributed by atoms with E-state index in [9.17, 15) is 4.79 Å². The minimum absolute atomic E-state index is 0.200. The van der Waals surface area contributed by atoms with E-state index in [0.717, 1.165) is 4.34 Å². The van der Waals surface area contributed by atoms with E-state index < -0.39 is 0 Å². The van der Waals surface area contributed by atoms with Crippen LogP contribution in [0.15, 0.2) is 47.1 Å². The number of nitrogens with one attached hydrogen (secondary N) is 1. The Labute approximate surface area is 180 Å². The van der Waals surface area contributed by atoms with E-state index >= 15 is 0 Å². The van der Waals surface area contributed by atoms with Gasteiger partial charge in [-0.25, -0.2) is 0 Å². The van der Waals surface area contributed by atoms with Crippen molar-refractivity contribution in [2.75, 3.05) is 17.7 Å². The molecule has 0 atom stereocenters. The van der Waals surface area contributed by atoms with Gasteiger partial charge in [0, 0.05) is 17.4 Å². The third kappa shape index (κ3) is 6.46. The number of amides is 1. The fourth-order valence-electron chi connectivity index (χ4n) is 1.98. The highest BCUT2D eigenvalue weighted by molar-refractivity contribution is 8.01. The maximum atomic E-state index is 12.0. The number of benzene rings is 1. The molecule has 2 heterocycles. The van der Waals surface area contributed by atoms with E-state index in [2.05, 4.69) is 27.4 Å². The number of thioether (sulfide) groups is 1. The van der Waals surface area contributed by atoms with E-state index in [-0.39, 0.29) is 12.5 Å². The number of aromatic nitrogens is 3. The highest BCUT2D eigenvalue weighted by Crippen LogP contribution is 2.28. The van der Waals surface area contributed by atoms with Crippen molar-refractivity contribution < 1.29 is 9.53 Å². The number of halogens is 2. The standard InChI is InChI=1S/C18H14Cl2N4O2S2/c19-13-5-6-15(14(20)11-13)26-12-16(25)21-17-22-23-18(28-17)27-10-4-3-9-24-7-1-2-8-24/h1-2,5-8,11H,9-10,12H2,(H,21,22,25). The summed E-state index contributed by atoms with van der Waals surface area (Å²) in [6.07, 6.45) is 3.93. The molecule has 144 valence electrons. The Morgan fingerprint density at radius 3 is 2.86 bits per heavy atom. The van der Waals surface area contributed by atoms with Crippen molar-refractivity contribution in [3.63, 3.8) is 0 Å². The van der Waals surface area contributed by atoms with E-state index in [1.165, 1.54) is 23.1 Å². The van der Waals surface area contributed by atoms with Gasteiger partial charge in [0.05, 0.1) is 17.3 Å². The molecule has 1 aromatic carbocycles. The van der Waals surface area contributed by atoms with Crippen LogP contribution < -0.4 is 10.1 Å². The molecule has 0 bridgehead atoms. The van der Waals surface area contributed by atoms with Gasteiger partial charge in [0.2, 0.25) is 5.13 Å². The van der Waals surface area contributed by atoms with Crippen LogP contribution in [-0.2, 0) is 11.3 Å². The molecule has 0 spiro atoms. The van der Waals surface area contributed by atoms with Gasteiger partial charge in [-0.2, -0.15) is 0 Å². The first-order valence-corrected chi connectivity index (χ1v) is 10.6. The second kappa shape index (κ2) is 10.4. The Hall–Kier alpha value is -2.18. The van der Waals surface area contributed by atoms with Gasteiger partial charge in [0.1, 0.15) is 5.75 Å². The van der Waals surface area contributed by atoms with Crippen LogP contribution in [0.5, 0.6) is 5.75 Å². The summed E-state index contributed by atoms with van der Waals surface area (Å²) >= 11 is 14.6. The lowest BCUT2D eigenvalue weighted by Crippen LogP contribution is -2.20. The van der Waals surface area contributed by atoms with Crippen molar-refractivity contribution >= 4 is 57.3 Å². The summed E-state index contributed by atoms with van der Waals surface area (Å²) in [5.41, 5.74) is 0. The molecular formula is C18H14Cl2N4O2S2. The Morgan fingerprint density at radius 2 is 2.07 bits per heavy atom. The maximum absolute atomic E-state index is 12.0. The minimum atomic E-state index is -0.356. The molecule has 0 radical (unpaired) electrons. The van der Waals surface area contributed by atoms with Crippen LogP contribution in [0.1, 0.15) is 0 Å². The summed E-state index contributed by atoms with van der Waals surface area (Å²) in [5.74, 6) is 6.78. The van der Waals surface area contributed by atoms with E-state index in [4.69, 9.17) is 27.9 Å². The van der Waals surface area contributed by atoms with Crippen molar-refractivity contribution in [1.29, 1.82) is 0 Å². The first kappa shape index (κ1) is 20.6. The molecule has 0 unspecified atom stereocenters. The first-order valence-electron chi connectivity index (χ1n) is 8.00. The Morgan fingerprint density at radius 1 is 1.25 bits per heavy atom. The molecule has 0 aliphatic carbocycles. The molecular weight excluding hydrogens is 439 g/mol. The summed E-state index contributed by atoms with van der Waals surface area (Å²) in [7, 11) is 0. The molecule has 0 fully saturated rings. The van der Waals surface area contributed by atoms with Crippen molar-refractivity contribution in [2.24, 2.45) is 0 Å². The molecule has 0 aliphatic rings. The summed E-state index contributed by atoms with van der Waals surface area (Å²) in [6.45, 7) is 0.455. The second-order valence-corrected chi connectivity index (χ2v) is 8.33. The van der Waals surface area contributed by atoms with Gasteiger partial charge in [0.15, 0.2) is 10.9 Å². The lowest BCUT2D eigenvalue weighted by Gasteiger charge is -2.07. The van der Waals surface area contributed by atoms with Gasteiger partial charge < -0.3 is 9.30 Å². The highest BCUT2D eigenvalue weighted by atomic mass is 35.5. The van der Waals surface area contributed by atoms with Crippen LogP contribution in [0.2, 0.25) is 10.0 Å². The predicted molar refractivity (Wildman–Crippen MR) is 113 cm³/mol. The molecule has 3 rings (SSSR count). The molecule has 2 aromatic heterocycles. The molecule has 6 nitrogen and oxygen atoms in total. The number of carbonyl (C=O) groups is 1. The average Bonchev–Trinajstić information content (AvgIpc) is 3.33. The summed E-state index contributed by atoms with van der Waals surface area (Å²) in [5, 5.41) is 11.9. The topological polar surface area (TPSA) is 69.0 Å². The zero-order valence-electron chi connectivity index (χ0n) is 14.4. The van der Waals surface area contributed by atoms with Gasteiger partial charge >= 0.3 is 0 Å². The van der Waals surface area contributed by atoms with Crippen LogP contribution in [-0.4, -0.2) is 33.0 Å². The maximum Gasteiger partial charge on any atom is 0.264 e. The fourth-order valence-corrected chi connectivity index (χ4v) is 3.98. The van der Waals surface area contributed by atoms with Gasteiger partial charge in [-0.15, -0.1) is 10.2 Å². The Bertz CT molecular complexity index is 997. The molecule has 10 heteroatoms. The number of nitrogens with zero attached hydrogens (tertiary/aromatic N) is 3. The lowest BCUT2D eigenvalue weighted by molar-refractivity contribution is -0.118. The van der Waals surface area contributed by atoms with E-state index in [0.29, 0.717) is 33.2 Å². The van der Waals surface area contributed by atoms with Gasteiger partial charge in [-0.3, -0.25) is 10.1 Å². The van der Waals surface area contributed by atoms with Gasteiger partial charge in [0.25, 0.3) is 5.91 Å². The van der Waals surface area contributed by atoms with Crippen molar-refractivity contribution in [3.05, 3.63) is 52.8 Å². The molecule has 3 aromatic rings. The summed E-state index contributed by atoms with van der Waals surface area (Å²) < 4.78 is 8.11. The summed E-state index contributed by atoms with van der Waals surface area (Å²) in [4.78, 5) is 12.0. The first-order chi connectivity index (χ1) is 13.6. The Kier molecular flexibility index (Phi) is 7.62. The normalized spacial score (nSPS) is 10.2. The van der Waals surface area contributed by atoms with E-state index in [1.807, 2.05) is 29.1 Å². The number of ether oxygens (including phenoxy) is 1. The minimum Gasteiger partial charge on any atom is -0.482 e.